The summed E-state index contributed by atoms with van der Waals surface area (Å²) in [6, 6.07) is 6.73. The summed E-state index contributed by atoms with van der Waals surface area (Å²) in [5, 5.41) is 8.42. The number of hydrogen-bond acceptors (Lipinski definition) is 4. The molecule has 7 heteroatoms. The molecule has 1 aliphatic heterocycles. The first-order chi connectivity index (χ1) is 12.9. The van der Waals surface area contributed by atoms with Gasteiger partial charge in [0.1, 0.15) is 0 Å². The Labute approximate surface area is 161 Å². The van der Waals surface area contributed by atoms with Crippen LogP contribution in [0.4, 0.5) is 21.0 Å². The topological polar surface area (TPSA) is 82.7 Å². The maximum Gasteiger partial charge on any atom is 0.411 e. The summed E-state index contributed by atoms with van der Waals surface area (Å²) in [5.41, 5.74) is 1.27. The molecule has 1 fully saturated rings. The molecule has 1 saturated heterocycles. The fourth-order valence-electron chi connectivity index (χ4n) is 3.69. The van der Waals surface area contributed by atoms with E-state index in [1.54, 1.807) is 31.2 Å². The van der Waals surface area contributed by atoms with Crippen molar-refractivity contribution in [3.05, 3.63) is 24.3 Å². The normalized spacial score (nSPS) is 21.2. The van der Waals surface area contributed by atoms with Crippen molar-refractivity contribution in [3.8, 4) is 0 Å². The van der Waals surface area contributed by atoms with E-state index in [1.807, 2.05) is 6.92 Å². The predicted molar refractivity (Wildman–Crippen MR) is 108 cm³/mol. The number of ether oxygens (including phenoxy) is 1. The molecule has 0 radical (unpaired) electrons. The van der Waals surface area contributed by atoms with E-state index in [0.717, 1.165) is 19.6 Å². The van der Waals surface area contributed by atoms with Crippen LogP contribution in [0.3, 0.4) is 0 Å². The van der Waals surface area contributed by atoms with Crippen molar-refractivity contribution in [1.82, 2.24) is 10.2 Å². The van der Waals surface area contributed by atoms with E-state index in [2.05, 4.69) is 34.7 Å². The Morgan fingerprint density at radius 3 is 2.22 bits per heavy atom. The van der Waals surface area contributed by atoms with E-state index in [1.165, 1.54) is 6.42 Å². The molecule has 7 nitrogen and oxygen atoms in total. The third kappa shape index (κ3) is 7.46. The second-order valence-corrected chi connectivity index (χ2v) is 7.59. The Hall–Kier alpha value is -2.28. The maximum absolute atomic E-state index is 12.2. The maximum atomic E-state index is 12.2. The van der Waals surface area contributed by atoms with Crippen LogP contribution in [0.15, 0.2) is 24.3 Å². The van der Waals surface area contributed by atoms with Crippen molar-refractivity contribution >= 4 is 23.5 Å². The standard InChI is InChI=1S/C20H32N4O3/c1-5-27-20(26)23-18-8-6-17(7-9-18)22-19(25)21-16(4)13-24-11-14(2)10-15(3)12-24/h6-9,14-16H,5,10-13H2,1-4H3,(H,23,26)(H2,21,22,25)/t14-,15+,16-/m1/s1. The van der Waals surface area contributed by atoms with Gasteiger partial charge in [-0.05, 0) is 56.4 Å². The lowest BCUT2D eigenvalue weighted by atomic mass is 9.92. The number of nitrogens with zero attached hydrogens (tertiary/aromatic N) is 1. The van der Waals surface area contributed by atoms with Crippen LogP contribution in [0.25, 0.3) is 0 Å². The van der Waals surface area contributed by atoms with E-state index < -0.39 is 6.09 Å². The number of hydrogen-bond donors (Lipinski definition) is 3. The van der Waals surface area contributed by atoms with Crippen LogP contribution in [-0.2, 0) is 4.74 Å². The van der Waals surface area contributed by atoms with Gasteiger partial charge in [0.2, 0.25) is 0 Å². The van der Waals surface area contributed by atoms with E-state index in [-0.39, 0.29) is 12.1 Å². The van der Waals surface area contributed by atoms with Crippen molar-refractivity contribution in [2.45, 2.75) is 40.2 Å². The van der Waals surface area contributed by atoms with Crippen molar-refractivity contribution < 1.29 is 14.3 Å². The molecule has 3 atom stereocenters. The number of likely N-dealkylation sites (tertiary alicyclic amines) is 1. The Balaban J connectivity index is 1.76. The lowest BCUT2D eigenvalue weighted by Gasteiger charge is -2.36. The zero-order valence-corrected chi connectivity index (χ0v) is 16.7. The third-order valence-electron chi connectivity index (χ3n) is 4.52. The number of nitrogens with one attached hydrogen (secondary N) is 3. The summed E-state index contributed by atoms with van der Waals surface area (Å²) < 4.78 is 4.83. The Morgan fingerprint density at radius 2 is 1.67 bits per heavy atom. The summed E-state index contributed by atoms with van der Waals surface area (Å²) in [6.07, 6.45) is 0.783. The highest BCUT2D eigenvalue weighted by atomic mass is 16.5. The number of rotatable bonds is 6. The van der Waals surface area contributed by atoms with E-state index in [9.17, 15) is 9.59 Å². The molecule has 0 unspecified atom stereocenters. The molecule has 1 heterocycles. The quantitative estimate of drug-likeness (QED) is 0.706. The summed E-state index contributed by atoms with van der Waals surface area (Å²) in [5.74, 6) is 1.41. The lowest BCUT2D eigenvalue weighted by molar-refractivity contribution is 0.132. The Bertz CT molecular complexity index is 610. The van der Waals surface area contributed by atoms with Crippen LogP contribution >= 0.6 is 0 Å². The molecule has 1 aromatic carbocycles. The third-order valence-corrected chi connectivity index (χ3v) is 4.52. The van der Waals surface area contributed by atoms with Gasteiger partial charge in [0.15, 0.2) is 0 Å². The number of carbonyl (C=O) groups excluding carboxylic acids is 2. The van der Waals surface area contributed by atoms with Crippen LogP contribution in [-0.4, -0.2) is 49.3 Å². The fraction of sp³-hybridized carbons (Fsp3) is 0.600. The first-order valence-corrected chi connectivity index (χ1v) is 9.69. The molecule has 1 aromatic rings. The summed E-state index contributed by atoms with van der Waals surface area (Å²) in [7, 11) is 0. The highest BCUT2D eigenvalue weighted by Crippen LogP contribution is 2.21. The molecule has 0 aromatic heterocycles. The van der Waals surface area contributed by atoms with Crippen LogP contribution in [0.5, 0.6) is 0 Å². The van der Waals surface area contributed by atoms with Gasteiger partial charge in [-0.3, -0.25) is 5.32 Å². The van der Waals surface area contributed by atoms with Gasteiger partial charge < -0.3 is 20.3 Å². The van der Waals surface area contributed by atoms with Gasteiger partial charge in [0.25, 0.3) is 0 Å². The minimum Gasteiger partial charge on any atom is -0.450 e. The summed E-state index contributed by atoms with van der Waals surface area (Å²) in [4.78, 5) is 26.0. The molecule has 1 aliphatic rings. The zero-order chi connectivity index (χ0) is 19.8. The molecule has 3 N–H and O–H groups in total. The highest BCUT2D eigenvalue weighted by molar-refractivity contribution is 5.90. The average molecular weight is 377 g/mol. The molecular weight excluding hydrogens is 344 g/mol. The number of anilines is 2. The van der Waals surface area contributed by atoms with E-state index in [4.69, 9.17) is 4.74 Å². The van der Waals surface area contributed by atoms with Crippen LogP contribution in [0, 0.1) is 11.8 Å². The average Bonchev–Trinajstić information content (AvgIpc) is 2.55. The second kappa shape index (κ2) is 10.2. The molecule has 0 aliphatic carbocycles. The van der Waals surface area contributed by atoms with Crippen molar-refractivity contribution in [1.29, 1.82) is 0 Å². The molecule has 0 spiro atoms. The number of carbonyl (C=O) groups is 2. The molecular formula is C20H32N4O3. The summed E-state index contributed by atoms with van der Waals surface area (Å²) in [6.45, 7) is 11.7. The highest BCUT2D eigenvalue weighted by Gasteiger charge is 2.23. The van der Waals surface area contributed by atoms with E-state index in [0.29, 0.717) is 29.8 Å². The van der Waals surface area contributed by atoms with Crippen molar-refractivity contribution in [3.63, 3.8) is 0 Å². The first kappa shape index (κ1) is 21.0. The van der Waals surface area contributed by atoms with Crippen LogP contribution < -0.4 is 16.0 Å². The van der Waals surface area contributed by atoms with Crippen molar-refractivity contribution in [2.24, 2.45) is 11.8 Å². The lowest BCUT2D eigenvalue weighted by Crippen LogP contribution is -2.47. The Kier molecular flexibility index (Phi) is 7.91. The largest absolute Gasteiger partial charge is 0.450 e. The first-order valence-electron chi connectivity index (χ1n) is 9.69. The predicted octanol–water partition coefficient (Wildman–Crippen LogP) is 3.74. The molecule has 0 saturated carbocycles. The van der Waals surface area contributed by atoms with Gasteiger partial charge in [0, 0.05) is 37.1 Å². The minimum absolute atomic E-state index is 0.0623. The molecule has 150 valence electrons. The number of amides is 3. The molecule has 27 heavy (non-hydrogen) atoms. The number of piperidine rings is 1. The zero-order valence-electron chi connectivity index (χ0n) is 16.7. The molecule has 0 bridgehead atoms. The minimum atomic E-state index is -0.494. The van der Waals surface area contributed by atoms with Gasteiger partial charge in [0.05, 0.1) is 6.61 Å². The van der Waals surface area contributed by atoms with E-state index >= 15 is 0 Å². The summed E-state index contributed by atoms with van der Waals surface area (Å²) >= 11 is 0. The van der Waals surface area contributed by atoms with Gasteiger partial charge >= 0.3 is 12.1 Å². The fourth-order valence-corrected chi connectivity index (χ4v) is 3.69. The van der Waals surface area contributed by atoms with Crippen LogP contribution in [0.1, 0.15) is 34.1 Å². The number of benzene rings is 1. The molecule has 2 rings (SSSR count). The Morgan fingerprint density at radius 1 is 1.11 bits per heavy atom. The molecule has 3 amide bonds. The SMILES string of the molecule is CCOC(=O)Nc1ccc(NC(=O)N[C@H](C)CN2C[C@H](C)C[C@H](C)C2)cc1. The number of urea groups is 1. The van der Waals surface area contributed by atoms with Gasteiger partial charge in [-0.15, -0.1) is 0 Å². The monoisotopic (exact) mass is 376 g/mol. The van der Waals surface area contributed by atoms with Gasteiger partial charge in [-0.2, -0.15) is 0 Å². The van der Waals surface area contributed by atoms with Gasteiger partial charge in [-0.25, -0.2) is 9.59 Å². The second-order valence-electron chi connectivity index (χ2n) is 7.59. The smallest absolute Gasteiger partial charge is 0.411 e. The van der Waals surface area contributed by atoms with Gasteiger partial charge in [-0.1, -0.05) is 13.8 Å². The van der Waals surface area contributed by atoms with Crippen LogP contribution in [0.2, 0.25) is 0 Å². The van der Waals surface area contributed by atoms with Crippen molar-refractivity contribution in [2.75, 3.05) is 36.9 Å².